The highest BCUT2D eigenvalue weighted by atomic mass is 19.4. The fourth-order valence-electron chi connectivity index (χ4n) is 4.08. The third kappa shape index (κ3) is 5.01. The molecule has 1 aliphatic heterocycles. The van der Waals surface area contributed by atoms with Gasteiger partial charge in [0.15, 0.2) is 0 Å². The molecule has 37 heavy (non-hydrogen) atoms. The van der Waals surface area contributed by atoms with Crippen LogP contribution in [0.2, 0.25) is 0 Å². The van der Waals surface area contributed by atoms with Crippen molar-refractivity contribution in [3.05, 3.63) is 72.6 Å². The van der Waals surface area contributed by atoms with Crippen LogP contribution in [0.5, 0.6) is 5.75 Å². The van der Waals surface area contributed by atoms with Crippen molar-refractivity contribution < 1.29 is 32.3 Å². The molecule has 190 valence electrons. The Hall–Kier alpha value is -4.68. The number of ether oxygens (including phenoxy) is 1. The highest BCUT2D eigenvalue weighted by Crippen LogP contribution is 2.49. The maximum Gasteiger partial charge on any atom is 0.573 e. The summed E-state index contributed by atoms with van der Waals surface area (Å²) in [6.07, 6.45) is -0.930. The van der Waals surface area contributed by atoms with E-state index in [9.17, 15) is 27.6 Å². The van der Waals surface area contributed by atoms with E-state index in [0.717, 1.165) is 17.0 Å². The zero-order chi connectivity index (χ0) is 26.2. The van der Waals surface area contributed by atoms with Crippen molar-refractivity contribution in [3.8, 4) is 5.75 Å². The van der Waals surface area contributed by atoms with Crippen LogP contribution >= 0.6 is 0 Å². The number of hydrogen-bond acceptors (Lipinski definition) is 6. The minimum atomic E-state index is -4.85. The van der Waals surface area contributed by atoms with Crippen LogP contribution in [0.1, 0.15) is 18.4 Å². The fourth-order valence-corrected chi connectivity index (χ4v) is 4.08. The van der Waals surface area contributed by atoms with Crippen molar-refractivity contribution in [1.82, 2.24) is 14.9 Å². The number of hydrogen-bond donors (Lipinski definition) is 2. The molecule has 0 radical (unpaired) electrons. The van der Waals surface area contributed by atoms with E-state index in [-0.39, 0.29) is 18.1 Å². The summed E-state index contributed by atoms with van der Waals surface area (Å²) in [6.45, 7) is 0.0649. The second-order valence-corrected chi connectivity index (χ2v) is 8.43. The maximum absolute atomic E-state index is 13.3. The number of pyridine rings is 2. The molecule has 0 unspecified atom stereocenters. The smallest absolute Gasteiger partial charge is 0.406 e. The minimum absolute atomic E-state index is 0.0649. The van der Waals surface area contributed by atoms with Gasteiger partial charge < -0.3 is 9.64 Å². The first kappa shape index (κ1) is 24.0. The zero-order valence-electron chi connectivity index (χ0n) is 19.0. The van der Waals surface area contributed by atoms with Crippen molar-refractivity contribution >= 4 is 35.3 Å². The monoisotopic (exact) mass is 512 g/mol. The molecule has 0 atom stereocenters. The lowest BCUT2D eigenvalue weighted by Crippen LogP contribution is -2.36. The fraction of sp³-hybridized carbons (Fsp3) is 0.208. The number of rotatable bonds is 6. The molecule has 5 rings (SSSR count). The molecule has 3 aromatic rings. The average molecular weight is 512 g/mol. The number of amides is 5. The second kappa shape index (κ2) is 9.08. The maximum atomic E-state index is 13.3. The van der Waals surface area contributed by atoms with Gasteiger partial charge in [0.1, 0.15) is 22.9 Å². The Bertz CT molecular complexity index is 1350. The molecule has 1 aliphatic carbocycles. The molecule has 13 heteroatoms. The van der Waals surface area contributed by atoms with Crippen LogP contribution in [0.15, 0.2) is 67.0 Å². The molecular formula is C24H19F3N6O4. The van der Waals surface area contributed by atoms with Gasteiger partial charge in [0.2, 0.25) is 0 Å². The summed E-state index contributed by atoms with van der Waals surface area (Å²) in [4.78, 5) is 49.2. The molecule has 2 N–H and O–H groups in total. The van der Waals surface area contributed by atoms with Gasteiger partial charge in [-0.3, -0.25) is 15.4 Å². The van der Waals surface area contributed by atoms with Crippen LogP contribution in [0, 0.1) is 0 Å². The Morgan fingerprint density at radius 2 is 1.68 bits per heavy atom. The van der Waals surface area contributed by atoms with E-state index in [1.165, 1.54) is 29.4 Å². The van der Waals surface area contributed by atoms with Crippen molar-refractivity contribution in [1.29, 1.82) is 0 Å². The van der Waals surface area contributed by atoms with Gasteiger partial charge in [0, 0.05) is 18.9 Å². The van der Waals surface area contributed by atoms with Crippen LogP contribution in [0.25, 0.3) is 0 Å². The summed E-state index contributed by atoms with van der Waals surface area (Å²) >= 11 is 0. The normalized spacial score (nSPS) is 16.2. The van der Waals surface area contributed by atoms with Crippen molar-refractivity contribution in [2.24, 2.45) is 0 Å². The van der Waals surface area contributed by atoms with Crippen LogP contribution < -0.4 is 20.3 Å². The molecular weight excluding hydrogens is 493 g/mol. The van der Waals surface area contributed by atoms with Gasteiger partial charge in [-0.05, 0) is 66.9 Å². The van der Waals surface area contributed by atoms with E-state index in [0.29, 0.717) is 24.2 Å². The van der Waals surface area contributed by atoms with Gasteiger partial charge in [-0.15, -0.1) is 13.2 Å². The van der Waals surface area contributed by atoms with Crippen LogP contribution in [-0.2, 0) is 11.3 Å². The summed E-state index contributed by atoms with van der Waals surface area (Å²) in [7, 11) is 0. The van der Waals surface area contributed by atoms with E-state index in [1.807, 2.05) is 0 Å². The summed E-state index contributed by atoms with van der Waals surface area (Å²) in [5.74, 6) is -0.321. The number of carbonyl (C=O) groups excluding carboxylic acids is 3. The predicted octanol–water partition coefficient (Wildman–Crippen LogP) is 4.52. The summed E-state index contributed by atoms with van der Waals surface area (Å²) in [5, 5.41) is 5.17. The first-order valence-electron chi connectivity index (χ1n) is 11.1. The lowest BCUT2D eigenvalue weighted by molar-refractivity contribution is -0.274. The van der Waals surface area contributed by atoms with E-state index < -0.39 is 35.6 Å². The van der Waals surface area contributed by atoms with Gasteiger partial charge in [-0.25, -0.2) is 24.5 Å². The highest BCUT2D eigenvalue weighted by Gasteiger charge is 2.65. The Labute approximate surface area is 208 Å². The number of halogens is 3. The Morgan fingerprint density at radius 1 is 0.973 bits per heavy atom. The summed E-state index contributed by atoms with van der Waals surface area (Å²) in [5.41, 5.74) is -0.251. The van der Waals surface area contributed by atoms with Crippen LogP contribution in [0.4, 0.5) is 40.1 Å². The van der Waals surface area contributed by atoms with E-state index >= 15 is 0 Å². The SMILES string of the molecule is O=C(Nc1ccccn1)Nc1cc(CN2C(=O)N(c3ccc(OC(F)(F)F)cc3)C(=O)C23CC3)ccn1. The highest BCUT2D eigenvalue weighted by molar-refractivity contribution is 6.24. The molecule has 10 nitrogen and oxygen atoms in total. The number of carbonyl (C=O) groups is 3. The Kier molecular flexibility index (Phi) is 5.90. The van der Waals surface area contributed by atoms with Gasteiger partial charge in [-0.2, -0.15) is 0 Å². The molecule has 1 spiro atoms. The summed E-state index contributed by atoms with van der Waals surface area (Å²) in [6, 6.07) is 11.7. The second-order valence-electron chi connectivity index (χ2n) is 8.43. The van der Waals surface area contributed by atoms with Gasteiger partial charge >= 0.3 is 18.4 Å². The van der Waals surface area contributed by atoms with Crippen LogP contribution in [0.3, 0.4) is 0 Å². The number of benzene rings is 1. The number of anilines is 3. The van der Waals surface area contributed by atoms with Crippen molar-refractivity contribution in [2.45, 2.75) is 31.3 Å². The standard InChI is InChI=1S/C24H19F3N6O4/c25-24(26,27)37-17-6-4-16(5-7-17)33-20(34)23(9-10-23)32(22(33)36)14-15-8-12-29-19(13-15)31-21(35)30-18-3-1-2-11-28-18/h1-8,11-13H,9-10,14H2,(H2,28,29,30,31,35). The Balaban J connectivity index is 1.30. The summed E-state index contributed by atoms with van der Waals surface area (Å²) < 4.78 is 41.2. The van der Waals surface area contributed by atoms with Gasteiger partial charge in [0.05, 0.1) is 5.69 Å². The zero-order valence-corrected chi connectivity index (χ0v) is 19.0. The minimum Gasteiger partial charge on any atom is -0.406 e. The number of imide groups is 1. The van der Waals surface area contributed by atoms with Crippen LogP contribution in [-0.4, -0.2) is 44.7 Å². The third-order valence-corrected chi connectivity index (χ3v) is 5.91. The van der Waals surface area contributed by atoms with E-state index in [1.54, 1.807) is 30.3 Å². The lowest BCUT2D eigenvalue weighted by atomic mass is 10.2. The Morgan fingerprint density at radius 3 is 2.32 bits per heavy atom. The molecule has 5 amide bonds. The number of nitrogens with one attached hydrogen (secondary N) is 2. The number of alkyl halides is 3. The largest absolute Gasteiger partial charge is 0.573 e. The van der Waals surface area contributed by atoms with Gasteiger partial charge in [0.25, 0.3) is 5.91 Å². The predicted molar refractivity (Wildman–Crippen MR) is 125 cm³/mol. The molecule has 3 heterocycles. The molecule has 2 aromatic heterocycles. The number of urea groups is 2. The topological polar surface area (TPSA) is 117 Å². The lowest BCUT2D eigenvalue weighted by Gasteiger charge is -2.21. The van der Waals surface area contributed by atoms with E-state index in [2.05, 4.69) is 25.3 Å². The quantitative estimate of drug-likeness (QED) is 0.469. The molecule has 1 saturated heterocycles. The molecule has 2 fully saturated rings. The van der Waals surface area contributed by atoms with Crippen molar-refractivity contribution in [2.75, 3.05) is 15.5 Å². The van der Waals surface area contributed by atoms with E-state index in [4.69, 9.17) is 0 Å². The first-order valence-corrected chi connectivity index (χ1v) is 11.1. The average Bonchev–Trinajstić information content (AvgIpc) is 3.62. The number of nitrogens with zero attached hydrogens (tertiary/aromatic N) is 4. The molecule has 2 aliphatic rings. The van der Waals surface area contributed by atoms with Crippen molar-refractivity contribution in [3.63, 3.8) is 0 Å². The third-order valence-electron chi connectivity index (χ3n) is 5.91. The number of aromatic nitrogens is 2. The molecule has 1 aromatic carbocycles. The molecule has 1 saturated carbocycles. The van der Waals surface area contributed by atoms with Gasteiger partial charge in [-0.1, -0.05) is 6.07 Å². The first-order chi connectivity index (χ1) is 17.6. The molecule has 0 bridgehead atoms.